The van der Waals surface area contributed by atoms with Crippen molar-refractivity contribution < 1.29 is 5.11 Å². The number of rotatable bonds is 0. The van der Waals surface area contributed by atoms with Crippen LogP contribution in [0.25, 0.3) is 5.52 Å². The van der Waals surface area contributed by atoms with Gasteiger partial charge in [-0.1, -0.05) is 26.8 Å². The van der Waals surface area contributed by atoms with Crippen molar-refractivity contribution in [2.75, 3.05) is 0 Å². The van der Waals surface area contributed by atoms with Gasteiger partial charge in [0.05, 0.1) is 11.2 Å². The minimum atomic E-state index is 0.101. The van der Waals surface area contributed by atoms with Gasteiger partial charge in [-0.2, -0.15) is 0 Å². The largest absolute Gasteiger partial charge is 0.492 e. The van der Waals surface area contributed by atoms with Crippen molar-refractivity contribution in [2.45, 2.75) is 38.5 Å². The number of aromatic hydroxyl groups is 1. The SMILES string of the molecule is CC1CC(C)(C)c2c1ccc1cc(O)nn21. The van der Waals surface area contributed by atoms with E-state index >= 15 is 0 Å². The molecule has 1 aliphatic carbocycles. The molecular weight excluding hydrogens is 200 g/mol. The third-order valence-electron chi connectivity index (χ3n) is 3.63. The summed E-state index contributed by atoms with van der Waals surface area (Å²) in [5, 5.41) is 13.7. The predicted molar refractivity (Wildman–Crippen MR) is 62.9 cm³/mol. The van der Waals surface area contributed by atoms with Crippen molar-refractivity contribution in [1.29, 1.82) is 0 Å². The lowest BCUT2D eigenvalue weighted by Gasteiger charge is -2.19. The Labute approximate surface area is 94.7 Å². The average Bonchev–Trinajstić information content (AvgIpc) is 2.63. The van der Waals surface area contributed by atoms with E-state index < -0.39 is 0 Å². The van der Waals surface area contributed by atoms with E-state index in [1.165, 1.54) is 11.3 Å². The van der Waals surface area contributed by atoms with E-state index in [-0.39, 0.29) is 11.3 Å². The molecular formula is C13H16N2O. The normalized spacial score (nSPS) is 22.6. The molecule has 1 unspecified atom stereocenters. The Morgan fingerprint density at radius 3 is 2.94 bits per heavy atom. The summed E-state index contributed by atoms with van der Waals surface area (Å²) in [4.78, 5) is 0. The molecule has 2 aromatic rings. The molecule has 3 nitrogen and oxygen atoms in total. The molecule has 1 atom stereocenters. The van der Waals surface area contributed by atoms with Gasteiger partial charge in [-0.15, -0.1) is 5.10 Å². The second-order valence-electron chi connectivity index (χ2n) is 5.47. The van der Waals surface area contributed by atoms with Crippen molar-refractivity contribution in [3.8, 4) is 5.88 Å². The van der Waals surface area contributed by atoms with Crippen LogP contribution in [0.3, 0.4) is 0 Å². The van der Waals surface area contributed by atoms with Crippen LogP contribution < -0.4 is 0 Å². The molecule has 0 aliphatic heterocycles. The average molecular weight is 216 g/mol. The smallest absolute Gasteiger partial charge is 0.231 e. The Hall–Kier alpha value is -1.51. The number of aromatic nitrogens is 2. The minimum Gasteiger partial charge on any atom is -0.492 e. The highest BCUT2D eigenvalue weighted by Crippen LogP contribution is 2.45. The summed E-state index contributed by atoms with van der Waals surface area (Å²) in [5.74, 6) is 0.671. The van der Waals surface area contributed by atoms with Gasteiger partial charge in [0.1, 0.15) is 0 Å². The molecule has 0 spiro atoms. The van der Waals surface area contributed by atoms with E-state index in [9.17, 15) is 5.11 Å². The summed E-state index contributed by atoms with van der Waals surface area (Å²) >= 11 is 0. The summed E-state index contributed by atoms with van der Waals surface area (Å²) in [6, 6.07) is 5.91. The summed E-state index contributed by atoms with van der Waals surface area (Å²) in [6.07, 6.45) is 1.14. The maximum absolute atomic E-state index is 9.49. The highest BCUT2D eigenvalue weighted by molar-refractivity contribution is 5.54. The number of fused-ring (bicyclic) bond motifs is 3. The third kappa shape index (κ3) is 1.11. The monoisotopic (exact) mass is 216 g/mol. The van der Waals surface area contributed by atoms with Gasteiger partial charge in [0.25, 0.3) is 0 Å². The van der Waals surface area contributed by atoms with E-state index in [1.54, 1.807) is 6.07 Å². The van der Waals surface area contributed by atoms with Gasteiger partial charge in [0.2, 0.25) is 5.88 Å². The van der Waals surface area contributed by atoms with Crippen LogP contribution in [-0.2, 0) is 5.41 Å². The topological polar surface area (TPSA) is 37.5 Å². The van der Waals surface area contributed by atoms with Crippen LogP contribution in [0.4, 0.5) is 0 Å². The zero-order valence-corrected chi connectivity index (χ0v) is 9.86. The van der Waals surface area contributed by atoms with E-state index in [0.717, 1.165) is 11.9 Å². The number of hydrogen-bond acceptors (Lipinski definition) is 2. The molecule has 3 rings (SSSR count). The van der Waals surface area contributed by atoms with Gasteiger partial charge in [-0.05, 0) is 24.0 Å². The zero-order valence-electron chi connectivity index (χ0n) is 9.86. The van der Waals surface area contributed by atoms with Crippen LogP contribution in [-0.4, -0.2) is 14.7 Å². The maximum Gasteiger partial charge on any atom is 0.231 e. The second kappa shape index (κ2) is 2.78. The van der Waals surface area contributed by atoms with E-state index in [1.807, 2.05) is 10.6 Å². The van der Waals surface area contributed by atoms with Gasteiger partial charge >= 0.3 is 0 Å². The lowest BCUT2D eigenvalue weighted by Crippen LogP contribution is -2.17. The third-order valence-corrected chi connectivity index (χ3v) is 3.63. The van der Waals surface area contributed by atoms with Crippen LogP contribution in [0.2, 0.25) is 0 Å². The molecule has 84 valence electrons. The fourth-order valence-electron chi connectivity index (χ4n) is 3.10. The second-order valence-corrected chi connectivity index (χ2v) is 5.47. The first-order chi connectivity index (χ1) is 7.49. The quantitative estimate of drug-likeness (QED) is 0.735. The summed E-state index contributed by atoms with van der Waals surface area (Å²) in [7, 11) is 0. The van der Waals surface area contributed by atoms with Gasteiger partial charge in [-0.3, -0.25) is 0 Å². The predicted octanol–water partition coefficient (Wildman–Crippen LogP) is 2.82. The first-order valence-corrected chi connectivity index (χ1v) is 5.71. The Morgan fingerprint density at radius 2 is 2.19 bits per heavy atom. The molecule has 0 bridgehead atoms. The Kier molecular flexibility index (Phi) is 1.69. The number of nitrogens with zero attached hydrogens (tertiary/aromatic N) is 2. The molecule has 0 saturated heterocycles. The summed E-state index contributed by atoms with van der Waals surface area (Å²) in [5.41, 5.74) is 3.71. The van der Waals surface area contributed by atoms with E-state index in [4.69, 9.17) is 0 Å². The molecule has 1 aliphatic rings. The van der Waals surface area contributed by atoms with E-state index in [0.29, 0.717) is 5.92 Å². The molecule has 2 heterocycles. The Bertz CT molecular complexity index is 569. The molecule has 0 aromatic carbocycles. The first-order valence-electron chi connectivity index (χ1n) is 5.71. The molecule has 2 aromatic heterocycles. The highest BCUT2D eigenvalue weighted by atomic mass is 16.3. The van der Waals surface area contributed by atoms with Crippen molar-refractivity contribution in [1.82, 2.24) is 9.61 Å². The number of hydrogen-bond donors (Lipinski definition) is 1. The lowest BCUT2D eigenvalue weighted by molar-refractivity contribution is 0.439. The minimum absolute atomic E-state index is 0.101. The van der Waals surface area contributed by atoms with Crippen LogP contribution in [0.5, 0.6) is 5.88 Å². The van der Waals surface area contributed by atoms with Gasteiger partial charge in [-0.25, -0.2) is 4.52 Å². The fraction of sp³-hybridized carbons (Fsp3) is 0.462. The van der Waals surface area contributed by atoms with Crippen LogP contribution in [0.1, 0.15) is 44.4 Å². The van der Waals surface area contributed by atoms with Crippen molar-refractivity contribution >= 4 is 5.52 Å². The van der Waals surface area contributed by atoms with Gasteiger partial charge < -0.3 is 5.11 Å². The molecule has 0 saturated carbocycles. The molecule has 0 amide bonds. The van der Waals surface area contributed by atoms with Crippen molar-refractivity contribution in [2.24, 2.45) is 0 Å². The lowest BCUT2D eigenvalue weighted by atomic mass is 9.89. The first kappa shape index (κ1) is 9.70. The van der Waals surface area contributed by atoms with E-state index in [2.05, 4.69) is 31.9 Å². The van der Waals surface area contributed by atoms with Crippen LogP contribution >= 0.6 is 0 Å². The van der Waals surface area contributed by atoms with Crippen molar-refractivity contribution in [3.05, 3.63) is 29.5 Å². The molecule has 0 radical (unpaired) electrons. The zero-order chi connectivity index (χ0) is 11.5. The highest BCUT2D eigenvalue weighted by Gasteiger charge is 2.37. The summed E-state index contributed by atoms with van der Waals surface area (Å²) in [6.45, 7) is 6.74. The summed E-state index contributed by atoms with van der Waals surface area (Å²) < 4.78 is 1.90. The van der Waals surface area contributed by atoms with Crippen molar-refractivity contribution in [3.63, 3.8) is 0 Å². The van der Waals surface area contributed by atoms with Gasteiger partial charge in [0.15, 0.2) is 0 Å². The Morgan fingerprint density at radius 1 is 1.44 bits per heavy atom. The van der Waals surface area contributed by atoms with Crippen LogP contribution in [0.15, 0.2) is 18.2 Å². The number of pyridine rings is 1. The molecule has 16 heavy (non-hydrogen) atoms. The molecule has 1 N–H and O–H groups in total. The van der Waals surface area contributed by atoms with Crippen LogP contribution in [0, 0.1) is 0 Å². The molecule has 0 fully saturated rings. The van der Waals surface area contributed by atoms with Gasteiger partial charge in [0, 0.05) is 11.5 Å². The molecule has 3 heteroatoms. The maximum atomic E-state index is 9.49. The Balaban J connectivity index is 2.41. The standard InChI is InChI=1S/C13H16N2O/c1-8-7-13(2,3)12-10(8)5-4-9-6-11(16)14-15(9)12/h4-6,8H,7H2,1-3H3,(H,14,16). The fourth-order valence-corrected chi connectivity index (χ4v) is 3.10.